The molecule has 1 heterocycles. The van der Waals surface area contributed by atoms with Crippen molar-refractivity contribution in [3.8, 4) is 0 Å². The Labute approximate surface area is 114 Å². The first kappa shape index (κ1) is 13.6. The van der Waals surface area contributed by atoms with Crippen LogP contribution >= 0.6 is 0 Å². The lowest BCUT2D eigenvalue weighted by atomic mass is 10.0. The fourth-order valence-corrected chi connectivity index (χ4v) is 2.37. The van der Waals surface area contributed by atoms with Gasteiger partial charge in [0.15, 0.2) is 0 Å². The number of carbonyl (C=O) groups excluding carboxylic acids is 1. The number of aliphatic imine (C=N–C) groups is 1. The summed E-state index contributed by atoms with van der Waals surface area (Å²) in [4.78, 5) is 17.5. The van der Waals surface area contributed by atoms with Crippen LogP contribution in [0.1, 0.15) is 37.9 Å². The maximum Gasteiger partial charge on any atom is 0.346 e. The van der Waals surface area contributed by atoms with Gasteiger partial charge in [0.05, 0.1) is 0 Å². The minimum Gasteiger partial charge on any atom is -0.385 e. The molecule has 0 aliphatic carbocycles. The van der Waals surface area contributed by atoms with Gasteiger partial charge in [0, 0.05) is 6.54 Å². The van der Waals surface area contributed by atoms with E-state index < -0.39 is 0 Å². The van der Waals surface area contributed by atoms with E-state index in [0.717, 1.165) is 12.0 Å². The Kier molecular flexibility index (Phi) is 3.88. The lowest BCUT2D eigenvalue weighted by Gasteiger charge is -2.26. The first-order chi connectivity index (χ1) is 9.02. The monoisotopic (exact) mass is 259 g/mol. The molecule has 4 nitrogen and oxygen atoms in total. The first-order valence-electron chi connectivity index (χ1n) is 6.76. The van der Waals surface area contributed by atoms with E-state index in [2.05, 4.69) is 37.9 Å². The lowest BCUT2D eigenvalue weighted by Crippen LogP contribution is -2.35. The minimum absolute atomic E-state index is 0.208. The Morgan fingerprint density at radius 1 is 1.32 bits per heavy atom. The van der Waals surface area contributed by atoms with E-state index in [0.29, 0.717) is 18.3 Å². The van der Waals surface area contributed by atoms with E-state index >= 15 is 0 Å². The Bertz CT molecular complexity index is 491. The van der Waals surface area contributed by atoms with Crippen molar-refractivity contribution in [2.45, 2.75) is 33.2 Å². The van der Waals surface area contributed by atoms with Crippen LogP contribution < -0.4 is 5.73 Å². The molecule has 2 N–H and O–H groups in total. The van der Waals surface area contributed by atoms with E-state index in [4.69, 9.17) is 5.73 Å². The van der Waals surface area contributed by atoms with Crippen molar-refractivity contribution in [2.24, 2.45) is 16.6 Å². The van der Waals surface area contributed by atoms with Crippen LogP contribution in [0, 0.1) is 5.92 Å². The summed E-state index contributed by atoms with van der Waals surface area (Å²) < 4.78 is 0. The van der Waals surface area contributed by atoms with Crippen molar-refractivity contribution in [3.05, 3.63) is 35.4 Å². The summed E-state index contributed by atoms with van der Waals surface area (Å²) in [7, 11) is 0. The number of benzene rings is 1. The molecule has 1 atom stereocenters. The number of hydrogen-bond donors (Lipinski definition) is 1. The van der Waals surface area contributed by atoms with Crippen LogP contribution in [0.15, 0.2) is 29.3 Å². The van der Waals surface area contributed by atoms with Crippen LogP contribution in [0.4, 0.5) is 4.79 Å². The van der Waals surface area contributed by atoms with Crippen LogP contribution in [0.5, 0.6) is 0 Å². The highest BCUT2D eigenvalue weighted by Gasteiger charge is 2.34. The summed E-state index contributed by atoms with van der Waals surface area (Å²) in [6.07, 6.45) is 1.00. The Balaban J connectivity index is 2.28. The standard InChI is InChI=1S/C15H21N3O/c1-4-11-5-7-12(8-6-11)13-14(16)17-15(19)18(13)9-10(2)3/h5-8,10,13H,4,9H2,1-3H3,(H2,16,17,19). The van der Waals surface area contributed by atoms with Crippen LogP contribution in [0.3, 0.4) is 0 Å². The maximum absolute atomic E-state index is 11.9. The van der Waals surface area contributed by atoms with Gasteiger partial charge < -0.3 is 10.6 Å². The maximum atomic E-state index is 11.9. The molecule has 2 rings (SSSR count). The van der Waals surface area contributed by atoms with Gasteiger partial charge in [-0.2, -0.15) is 4.99 Å². The van der Waals surface area contributed by atoms with Gasteiger partial charge in [0.25, 0.3) is 0 Å². The van der Waals surface area contributed by atoms with E-state index in [-0.39, 0.29) is 12.1 Å². The number of nitrogens with zero attached hydrogens (tertiary/aromatic N) is 2. The molecule has 2 amide bonds. The first-order valence-corrected chi connectivity index (χ1v) is 6.76. The molecule has 0 aromatic heterocycles. The van der Waals surface area contributed by atoms with Gasteiger partial charge >= 0.3 is 6.03 Å². The van der Waals surface area contributed by atoms with Crippen molar-refractivity contribution < 1.29 is 4.79 Å². The molecule has 0 bridgehead atoms. The lowest BCUT2D eigenvalue weighted by molar-refractivity contribution is 0.199. The quantitative estimate of drug-likeness (QED) is 0.903. The van der Waals surface area contributed by atoms with E-state index in [9.17, 15) is 4.79 Å². The number of hydrogen-bond acceptors (Lipinski definition) is 2. The molecule has 0 spiro atoms. The Hall–Kier alpha value is -1.84. The average Bonchev–Trinajstić information content (AvgIpc) is 2.64. The third-order valence-corrected chi connectivity index (χ3v) is 3.33. The summed E-state index contributed by atoms with van der Waals surface area (Å²) in [5.41, 5.74) is 8.23. The predicted octanol–water partition coefficient (Wildman–Crippen LogP) is 2.74. The van der Waals surface area contributed by atoms with Gasteiger partial charge in [0.2, 0.25) is 0 Å². The highest BCUT2D eigenvalue weighted by molar-refractivity contribution is 6.03. The fourth-order valence-electron chi connectivity index (χ4n) is 2.37. The molecule has 0 saturated carbocycles. The number of urea groups is 1. The fraction of sp³-hybridized carbons (Fsp3) is 0.467. The summed E-state index contributed by atoms with van der Waals surface area (Å²) >= 11 is 0. The minimum atomic E-state index is -0.226. The number of rotatable bonds is 4. The second-order valence-corrected chi connectivity index (χ2v) is 5.36. The highest BCUT2D eigenvalue weighted by atomic mass is 16.2. The van der Waals surface area contributed by atoms with Crippen molar-refractivity contribution in [1.82, 2.24) is 4.90 Å². The SMILES string of the molecule is CCc1ccc(C2C(N)=NC(=O)N2CC(C)C)cc1. The summed E-state index contributed by atoms with van der Waals surface area (Å²) in [6.45, 7) is 6.95. The van der Waals surface area contributed by atoms with Crippen LogP contribution in [0.25, 0.3) is 0 Å². The second-order valence-electron chi connectivity index (χ2n) is 5.36. The largest absolute Gasteiger partial charge is 0.385 e. The van der Waals surface area contributed by atoms with Crippen LogP contribution in [-0.4, -0.2) is 23.3 Å². The molecule has 102 valence electrons. The van der Waals surface area contributed by atoms with Crippen molar-refractivity contribution in [2.75, 3.05) is 6.54 Å². The molecule has 0 saturated heterocycles. The number of carbonyl (C=O) groups is 1. The van der Waals surface area contributed by atoms with E-state index in [1.165, 1.54) is 5.56 Å². The average molecular weight is 259 g/mol. The van der Waals surface area contributed by atoms with E-state index in [1.54, 1.807) is 4.90 Å². The molecule has 1 aromatic rings. The molecular weight excluding hydrogens is 238 g/mol. The zero-order valence-electron chi connectivity index (χ0n) is 11.8. The van der Waals surface area contributed by atoms with Crippen molar-refractivity contribution in [3.63, 3.8) is 0 Å². The predicted molar refractivity (Wildman–Crippen MR) is 77.1 cm³/mol. The van der Waals surface area contributed by atoms with Gasteiger partial charge in [-0.15, -0.1) is 0 Å². The molecule has 1 aliphatic heterocycles. The molecular formula is C15H21N3O. The smallest absolute Gasteiger partial charge is 0.346 e. The van der Waals surface area contributed by atoms with Gasteiger partial charge in [-0.3, -0.25) is 0 Å². The number of amides is 2. The van der Waals surface area contributed by atoms with Gasteiger partial charge in [-0.25, -0.2) is 4.79 Å². The molecule has 1 aromatic carbocycles. The van der Waals surface area contributed by atoms with E-state index in [1.807, 2.05) is 12.1 Å². The third-order valence-electron chi connectivity index (χ3n) is 3.33. The Morgan fingerprint density at radius 3 is 2.47 bits per heavy atom. The molecule has 0 radical (unpaired) electrons. The Morgan fingerprint density at radius 2 is 1.95 bits per heavy atom. The molecule has 0 fully saturated rings. The molecule has 1 aliphatic rings. The van der Waals surface area contributed by atoms with Crippen molar-refractivity contribution >= 4 is 11.9 Å². The van der Waals surface area contributed by atoms with Crippen molar-refractivity contribution in [1.29, 1.82) is 0 Å². The molecule has 19 heavy (non-hydrogen) atoms. The summed E-state index contributed by atoms with van der Waals surface area (Å²) in [6, 6.07) is 7.81. The normalized spacial score (nSPS) is 19.2. The van der Waals surface area contributed by atoms with Gasteiger partial charge in [-0.1, -0.05) is 45.0 Å². The van der Waals surface area contributed by atoms with Crippen LogP contribution in [-0.2, 0) is 6.42 Å². The number of aryl methyl sites for hydroxylation is 1. The van der Waals surface area contributed by atoms with Gasteiger partial charge in [0.1, 0.15) is 11.9 Å². The summed E-state index contributed by atoms with van der Waals surface area (Å²) in [5.74, 6) is 0.789. The molecule has 1 unspecified atom stereocenters. The third kappa shape index (κ3) is 2.78. The summed E-state index contributed by atoms with van der Waals surface area (Å²) in [5, 5.41) is 0. The zero-order chi connectivity index (χ0) is 14.0. The molecule has 4 heteroatoms. The topological polar surface area (TPSA) is 58.7 Å². The highest BCUT2D eigenvalue weighted by Crippen LogP contribution is 2.28. The number of amidine groups is 1. The second kappa shape index (κ2) is 5.43. The van der Waals surface area contributed by atoms with Crippen LogP contribution in [0.2, 0.25) is 0 Å². The number of nitrogens with two attached hydrogens (primary N) is 1. The van der Waals surface area contributed by atoms with Gasteiger partial charge in [-0.05, 0) is 23.5 Å². The zero-order valence-corrected chi connectivity index (χ0v) is 11.8.